The molecule has 1 aliphatic rings. The van der Waals surface area contributed by atoms with Crippen LogP contribution in [0.1, 0.15) is 46.0 Å². The maximum Gasteiger partial charge on any atom is 0.237 e. The van der Waals surface area contributed by atoms with Crippen LogP contribution in [0.4, 0.5) is 0 Å². The molecule has 2 N–H and O–H groups in total. The Balaban J connectivity index is 0. The number of primary amides is 1. The van der Waals surface area contributed by atoms with E-state index in [1.807, 2.05) is 6.92 Å². The molecule has 0 bridgehead atoms. The van der Waals surface area contributed by atoms with Gasteiger partial charge < -0.3 is 5.73 Å². The number of nitrogens with two attached hydrogens (primary N) is 1. The SMILES string of the molecule is CCCC(C)(C(N)=O)N1CCCCC1.Cl.Cl. The summed E-state index contributed by atoms with van der Waals surface area (Å²) in [6, 6.07) is 0. The molecule has 1 heterocycles. The molecule has 1 unspecified atom stereocenters. The smallest absolute Gasteiger partial charge is 0.237 e. The van der Waals surface area contributed by atoms with Crippen LogP contribution in [0, 0.1) is 0 Å². The molecule has 0 aromatic carbocycles. The van der Waals surface area contributed by atoms with Crippen molar-refractivity contribution in [1.29, 1.82) is 0 Å². The molecule has 1 saturated heterocycles. The van der Waals surface area contributed by atoms with Crippen molar-refractivity contribution in [3.63, 3.8) is 0 Å². The van der Waals surface area contributed by atoms with Gasteiger partial charge in [-0.05, 0) is 39.3 Å². The molecule has 0 saturated carbocycles. The molecule has 16 heavy (non-hydrogen) atoms. The van der Waals surface area contributed by atoms with Crippen molar-refractivity contribution in [2.24, 2.45) is 5.73 Å². The largest absolute Gasteiger partial charge is 0.368 e. The first kappa shape index (κ1) is 18.4. The maximum absolute atomic E-state index is 11.5. The van der Waals surface area contributed by atoms with Gasteiger partial charge >= 0.3 is 0 Å². The van der Waals surface area contributed by atoms with E-state index in [0.717, 1.165) is 25.9 Å². The monoisotopic (exact) mass is 270 g/mol. The van der Waals surface area contributed by atoms with E-state index >= 15 is 0 Å². The van der Waals surface area contributed by atoms with E-state index in [1.54, 1.807) is 0 Å². The topological polar surface area (TPSA) is 46.3 Å². The number of nitrogens with zero attached hydrogens (tertiary/aromatic N) is 1. The Morgan fingerprint density at radius 3 is 2.12 bits per heavy atom. The van der Waals surface area contributed by atoms with E-state index in [4.69, 9.17) is 5.73 Å². The minimum absolute atomic E-state index is 0. The fourth-order valence-electron chi connectivity index (χ4n) is 2.31. The molecule has 98 valence electrons. The summed E-state index contributed by atoms with van der Waals surface area (Å²) in [5.41, 5.74) is 5.10. The first-order valence-corrected chi connectivity index (χ1v) is 5.66. The predicted octanol–water partition coefficient (Wildman–Crippen LogP) is 2.36. The molecule has 0 radical (unpaired) electrons. The summed E-state index contributed by atoms with van der Waals surface area (Å²) in [4.78, 5) is 13.8. The molecule has 1 rings (SSSR count). The molecule has 0 aliphatic carbocycles. The number of rotatable bonds is 4. The fourth-order valence-corrected chi connectivity index (χ4v) is 2.31. The average molecular weight is 271 g/mol. The normalized spacial score (nSPS) is 20.1. The summed E-state index contributed by atoms with van der Waals surface area (Å²) >= 11 is 0. The number of amides is 1. The van der Waals surface area contributed by atoms with Crippen LogP contribution >= 0.6 is 24.8 Å². The standard InChI is InChI=1S/C11H22N2O.2ClH/c1-3-7-11(2,10(12)14)13-8-5-4-6-9-13;;/h3-9H2,1-2H3,(H2,12,14);2*1H. The zero-order valence-corrected chi connectivity index (χ0v) is 11.8. The second-order valence-electron chi connectivity index (χ2n) is 4.44. The van der Waals surface area contributed by atoms with Gasteiger partial charge in [0.15, 0.2) is 0 Å². The van der Waals surface area contributed by atoms with Crippen molar-refractivity contribution in [2.75, 3.05) is 13.1 Å². The van der Waals surface area contributed by atoms with Crippen molar-refractivity contribution < 1.29 is 4.79 Å². The van der Waals surface area contributed by atoms with Gasteiger partial charge in [0.05, 0.1) is 5.54 Å². The van der Waals surface area contributed by atoms with Crippen LogP contribution in [-0.2, 0) is 4.79 Å². The summed E-state index contributed by atoms with van der Waals surface area (Å²) < 4.78 is 0. The number of carbonyl (C=O) groups is 1. The number of piperidine rings is 1. The number of halogens is 2. The second kappa shape index (κ2) is 8.15. The van der Waals surface area contributed by atoms with Crippen LogP contribution in [0.2, 0.25) is 0 Å². The number of likely N-dealkylation sites (tertiary alicyclic amines) is 1. The van der Waals surface area contributed by atoms with Crippen molar-refractivity contribution >= 4 is 30.7 Å². The molecule has 3 nitrogen and oxygen atoms in total. The first-order chi connectivity index (χ1) is 6.61. The summed E-state index contributed by atoms with van der Waals surface area (Å²) in [6.45, 7) is 6.15. The quantitative estimate of drug-likeness (QED) is 0.853. The minimum Gasteiger partial charge on any atom is -0.368 e. The van der Waals surface area contributed by atoms with Gasteiger partial charge in [-0.1, -0.05) is 19.8 Å². The molecule has 1 amide bonds. The number of hydrogen-bond acceptors (Lipinski definition) is 2. The summed E-state index contributed by atoms with van der Waals surface area (Å²) in [5.74, 6) is -0.166. The Morgan fingerprint density at radius 1 is 1.25 bits per heavy atom. The maximum atomic E-state index is 11.5. The number of hydrogen-bond donors (Lipinski definition) is 1. The van der Waals surface area contributed by atoms with E-state index in [9.17, 15) is 4.79 Å². The van der Waals surface area contributed by atoms with E-state index in [-0.39, 0.29) is 30.7 Å². The molecular weight excluding hydrogens is 247 g/mol. The Bertz CT molecular complexity index is 208. The highest BCUT2D eigenvalue weighted by atomic mass is 35.5. The lowest BCUT2D eigenvalue weighted by Gasteiger charge is -2.41. The lowest BCUT2D eigenvalue weighted by Crippen LogP contribution is -2.56. The van der Waals surface area contributed by atoms with Crippen molar-refractivity contribution in [3.05, 3.63) is 0 Å². The Hall–Kier alpha value is 0.01000. The molecule has 5 heteroatoms. The fraction of sp³-hybridized carbons (Fsp3) is 0.909. The molecule has 0 aromatic rings. The Kier molecular flexibility index (Phi) is 9.36. The van der Waals surface area contributed by atoms with Gasteiger partial charge in [0.1, 0.15) is 0 Å². The van der Waals surface area contributed by atoms with Crippen LogP contribution in [0.15, 0.2) is 0 Å². The van der Waals surface area contributed by atoms with Crippen LogP contribution in [0.25, 0.3) is 0 Å². The third kappa shape index (κ3) is 4.11. The van der Waals surface area contributed by atoms with Gasteiger partial charge in [-0.25, -0.2) is 0 Å². The minimum atomic E-state index is -0.408. The van der Waals surface area contributed by atoms with Gasteiger partial charge in [-0.2, -0.15) is 0 Å². The lowest BCUT2D eigenvalue weighted by molar-refractivity contribution is -0.130. The summed E-state index contributed by atoms with van der Waals surface area (Å²) in [6.07, 6.45) is 5.58. The Morgan fingerprint density at radius 2 is 1.75 bits per heavy atom. The highest BCUT2D eigenvalue weighted by Gasteiger charge is 2.36. The van der Waals surface area contributed by atoms with E-state index < -0.39 is 5.54 Å². The van der Waals surface area contributed by atoms with E-state index in [1.165, 1.54) is 19.3 Å². The highest BCUT2D eigenvalue weighted by Crippen LogP contribution is 2.24. The van der Waals surface area contributed by atoms with Crippen LogP contribution in [-0.4, -0.2) is 29.4 Å². The molecule has 1 fully saturated rings. The molecule has 1 atom stereocenters. The van der Waals surface area contributed by atoms with Gasteiger partial charge in [-0.3, -0.25) is 9.69 Å². The third-order valence-electron chi connectivity index (χ3n) is 3.32. The van der Waals surface area contributed by atoms with Crippen molar-refractivity contribution in [1.82, 2.24) is 4.90 Å². The van der Waals surface area contributed by atoms with Crippen LogP contribution in [0.5, 0.6) is 0 Å². The molecule has 0 spiro atoms. The first-order valence-electron chi connectivity index (χ1n) is 5.66. The third-order valence-corrected chi connectivity index (χ3v) is 3.32. The molecule has 0 aromatic heterocycles. The van der Waals surface area contributed by atoms with Gasteiger partial charge in [0.2, 0.25) is 5.91 Å². The summed E-state index contributed by atoms with van der Waals surface area (Å²) in [7, 11) is 0. The van der Waals surface area contributed by atoms with E-state index in [0.29, 0.717) is 0 Å². The Labute approximate surface area is 111 Å². The molecule has 1 aliphatic heterocycles. The van der Waals surface area contributed by atoms with Crippen molar-refractivity contribution in [2.45, 2.75) is 51.5 Å². The predicted molar refractivity (Wildman–Crippen MR) is 72.4 cm³/mol. The highest BCUT2D eigenvalue weighted by molar-refractivity contribution is 5.85. The molecular formula is C11H24Cl2N2O. The average Bonchev–Trinajstić information content (AvgIpc) is 2.19. The number of carbonyl (C=O) groups excluding carboxylic acids is 1. The van der Waals surface area contributed by atoms with E-state index in [2.05, 4.69) is 11.8 Å². The van der Waals surface area contributed by atoms with Gasteiger partial charge in [0, 0.05) is 0 Å². The summed E-state index contributed by atoms with van der Waals surface area (Å²) in [5, 5.41) is 0. The van der Waals surface area contributed by atoms with Crippen LogP contribution in [0.3, 0.4) is 0 Å². The van der Waals surface area contributed by atoms with Gasteiger partial charge in [-0.15, -0.1) is 24.8 Å². The van der Waals surface area contributed by atoms with Crippen LogP contribution < -0.4 is 5.73 Å². The van der Waals surface area contributed by atoms with Gasteiger partial charge in [0.25, 0.3) is 0 Å². The lowest BCUT2D eigenvalue weighted by atomic mass is 9.91. The second-order valence-corrected chi connectivity index (χ2v) is 4.44. The zero-order valence-electron chi connectivity index (χ0n) is 10.2. The zero-order chi connectivity index (χ0) is 10.6. The van der Waals surface area contributed by atoms with Crippen molar-refractivity contribution in [3.8, 4) is 0 Å².